The Bertz CT molecular complexity index is 1150. The molecular weight excluding hydrogens is 590 g/mol. The van der Waals surface area contributed by atoms with E-state index in [9.17, 15) is 0 Å². The van der Waals surface area contributed by atoms with E-state index in [0.717, 1.165) is 21.7 Å². The molecule has 0 unspecified atom stereocenters. The summed E-state index contributed by atoms with van der Waals surface area (Å²) in [7, 11) is 0. The fraction of sp³-hybridized carbons (Fsp3) is 0.519. The molecule has 244 valence electrons. The van der Waals surface area contributed by atoms with Crippen molar-refractivity contribution in [2.24, 2.45) is 0 Å². The van der Waals surface area contributed by atoms with E-state index in [4.69, 9.17) is 8.83 Å². The lowest BCUT2D eigenvalue weighted by Crippen LogP contribution is -1.70. The Balaban J connectivity index is 0. The second-order valence-electron chi connectivity index (χ2n) is 8.25. The molecule has 0 saturated heterocycles. The fourth-order valence-corrected chi connectivity index (χ4v) is 3.05. The van der Waals surface area contributed by atoms with Crippen molar-refractivity contribution in [3.8, 4) is 0 Å². The van der Waals surface area contributed by atoms with E-state index in [2.05, 4.69) is 69.4 Å². The SMILES string of the molecule is C.C.Cc1cnc(C)o1.Cc1nnc(C)o1.Cc1nnc(C)s1.Cc1noc(C)n1.Cc1noc(C)n1.Cc1noc(C)n1. The van der Waals surface area contributed by atoms with Crippen molar-refractivity contribution in [3.63, 3.8) is 0 Å². The highest BCUT2D eigenvalue weighted by molar-refractivity contribution is 7.11. The molecule has 0 radical (unpaired) electrons. The molecule has 0 amide bonds. The first kappa shape index (κ1) is 41.5. The molecule has 0 aliphatic carbocycles. The third-order valence-corrected chi connectivity index (χ3v) is 4.63. The third-order valence-electron chi connectivity index (χ3n) is 3.88. The van der Waals surface area contributed by atoms with Crippen molar-refractivity contribution in [1.82, 2.24) is 55.8 Å². The van der Waals surface area contributed by atoms with Crippen molar-refractivity contribution in [2.75, 3.05) is 0 Å². The summed E-state index contributed by atoms with van der Waals surface area (Å²) in [6, 6.07) is 0. The molecule has 0 aliphatic rings. The molecular formula is C27H45N11O5S. The average Bonchev–Trinajstić information content (AvgIpc) is 3.76. The first-order chi connectivity index (χ1) is 19.7. The van der Waals surface area contributed by atoms with Crippen molar-refractivity contribution in [3.05, 3.63) is 74.8 Å². The molecule has 44 heavy (non-hydrogen) atoms. The van der Waals surface area contributed by atoms with Gasteiger partial charge in [0.2, 0.25) is 29.5 Å². The lowest BCUT2D eigenvalue weighted by atomic mass is 10.6. The van der Waals surface area contributed by atoms with Crippen LogP contribution in [0.3, 0.4) is 0 Å². The second kappa shape index (κ2) is 21.9. The minimum absolute atomic E-state index is 0. The molecule has 16 nitrogen and oxygen atoms in total. The third kappa shape index (κ3) is 20.2. The van der Waals surface area contributed by atoms with Crippen molar-refractivity contribution in [2.45, 2.75) is 97.9 Å². The van der Waals surface area contributed by atoms with Gasteiger partial charge in [0.15, 0.2) is 23.4 Å². The molecule has 0 saturated carbocycles. The summed E-state index contributed by atoms with van der Waals surface area (Å²) in [4.78, 5) is 15.3. The zero-order valence-corrected chi connectivity index (χ0v) is 26.8. The largest absolute Gasteiger partial charge is 0.446 e. The van der Waals surface area contributed by atoms with Crippen LogP contribution in [0.5, 0.6) is 0 Å². The number of nitrogens with zero attached hydrogens (tertiary/aromatic N) is 11. The predicted octanol–water partition coefficient (Wildman–Crippen LogP) is 6.46. The van der Waals surface area contributed by atoms with E-state index in [1.807, 2.05) is 27.7 Å². The molecule has 0 bridgehead atoms. The van der Waals surface area contributed by atoms with Crippen LogP contribution < -0.4 is 0 Å². The zero-order valence-electron chi connectivity index (χ0n) is 25.9. The highest BCUT2D eigenvalue weighted by Crippen LogP contribution is 2.04. The van der Waals surface area contributed by atoms with E-state index in [1.165, 1.54) is 0 Å². The standard InChI is InChI=1S/C5H7NO.4C4H6N2O.C4H6N2S.2CH4/c1-4-3-6-5(2)7-4;1-3-5-6-4(2)7-3;3*1-3-5-4(2)7-6-3;1-3-5-6-4(2)7-3;;/h3H,1-2H3;5*1-2H3;2*1H4. The van der Waals surface area contributed by atoms with Crippen molar-refractivity contribution < 1.29 is 22.4 Å². The molecule has 6 rings (SSSR count). The Hall–Kier alpha value is -4.67. The number of oxazole rings is 1. The van der Waals surface area contributed by atoms with Crippen LogP contribution in [0, 0.1) is 83.1 Å². The van der Waals surface area contributed by atoms with E-state index in [0.29, 0.717) is 46.9 Å². The molecule has 6 aromatic rings. The highest BCUT2D eigenvalue weighted by atomic mass is 32.1. The molecule has 6 heterocycles. The fourth-order valence-electron chi connectivity index (χ4n) is 2.46. The summed E-state index contributed by atoms with van der Waals surface area (Å²) in [5.74, 6) is 6.80. The zero-order chi connectivity index (χ0) is 31.7. The summed E-state index contributed by atoms with van der Waals surface area (Å²) in [6.07, 6.45) is 1.70. The minimum atomic E-state index is 0. The van der Waals surface area contributed by atoms with Gasteiger partial charge in [-0.05, 0) is 41.5 Å². The van der Waals surface area contributed by atoms with Gasteiger partial charge in [0, 0.05) is 41.5 Å². The normalized spacial score (nSPS) is 9.00. The number of aromatic nitrogens is 11. The smallest absolute Gasteiger partial charge is 0.223 e. The molecule has 0 aliphatic heterocycles. The van der Waals surface area contributed by atoms with Crippen LogP contribution in [0.25, 0.3) is 0 Å². The molecule has 0 spiro atoms. The monoisotopic (exact) mass is 635 g/mol. The summed E-state index contributed by atoms with van der Waals surface area (Å²) >= 11 is 1.62. The molecule has 0 atom stereocenters. The number of rotatable bonds is 0. The molecule has 0 N–H and O–H groups in total. The van der Waals surface area contributed by atoms with Crippen molar-refractivity contribution >= 4 is 11.3 Å². The second-order valence-corrected chi connectivity index (χ2v) is 9.64. The van der Waals surface area contributed by atoms with Gasteiger partial charge in [-0.2, -0.15) is 15.0 Å². The van der Waals surface area contributed by atoms with Crippen LogP contribution in [0.4, 0.5) is 0 Å². The minimum Gasteiger partial charge on any atom is -0.446 e. The van der Waals surface area contributed by atoms with Gasteiger partial charge in [-0.25, -0.2) is 4.98 Å². The summed E-state index contributed by atoms with van der Waals surface area (Å²) in [5, 5.41) is 27.4. The topological polar surface area (TPSA) is 207 Å². The quantitative estimate of drug-likeness (QED) is 0.175. The maximum Gasteiger partial charge on any atom is 0.223 e. The van der Waals surface area contributed by atoms with Gasteiger partial charge in [0.1, 0.15) is 15.8 Å². The maximum atomic E-state index is 4.97. The van der Waals surface area contributed by atoms with Crippen molar-refractivity contribution in [1.29, 1.82) is 0 Å². The molecule has 0 fully saturated rings. The van der Waals surface area contributed by atoms with E-state index in [-0.39, 0.29) is 14.9 Å². The summed E-state index contributed by atoms with van der Waals surface area (Å²) < 4.78 is 23.6. The first-order valence-corrected chi connectivity index (χ1v) is 13.3. The van der Waals surface area contributed by atoms with Gasteiger partial charge in [0.05, 0.1) is 6.20 Å². The van der Waals surface area contributed by atoms with E-state index in [1.54, 1.807) is 72.9 Å². The number of hydrogen-bond donors (Lipinski definition) is 0. The number of hydrogen-bond acceptors (Lipinski definition) is 17. The Morgan fingerprint density at radius 1 is 0.455 bits per heavy atom. The molecule has 0 aromatic carbocycles. The Kier molecular flexibility index (Phi) is 20.7. The Morgan fingerprint density at radius 2 is 0.818 bits per heavy atom. The number of aryl methyl sites for hydroxylation is 12. The van der Waals surface area contributed by atoms with Crippen LogP contribution in [0.15, 0.2) is 28.6 Å². The van der Waals surface area contributed by atoms with Gasteiger partial charge in [-0.1, -0.05) is 30.3 Å². The van der Waals surface area contributed by atoms with Crippen LogP contribution in [-0.4, -0.2) is 55.8 Å². The average molecular weight is 636 g/mol. The highest BCUT2D eigenvalue weighted by Gasteiger charge is 1.92. The summed E-state index contributed by atoms with van der Waals surface area (Å²) in [6.45, 7) is 21.8. The van der Waals surface area contributed by atoms with Crippen LogP contribution in [-0.2, 0) is 0 Å². The lowest BCUT2D eigenvalue weighted by molar-refractivity contribution is 0.389. The summed E-state index contributed by atoms with van der Waals surface area (Å²) in [5.41, 5.74) is 0. The predicted molar refractivity (Wildman–Crippen MR) is 164 cm³/mol. The van der Waals surface area contributed by atoms with Gasteiger partial charge >= 0.3 is 0 Å². The Labute approximate surface area is 262 Å². The maximum absolute atomic E-state index is 4.97. The Morgan fingerprint density at radius 3 is 0.909 bits per heavy atom. The van der Waals surface area contributed by atoms with Crippen LogP contribution >= 0.6 is 11.3 Å². The van der Waals surface area contributed by atoms with Gasteiger partial charge in [-0.3, -0.25) is 0 Å². The van der Waals surface area contributed by atoms with E-state index < -0.39 is 0 Å². The van der Waals surface area contributed by atoms with Crippen LogP contribution in [0.2, 0.25) is 0 Å². The lowest BCUT2D eigenvalue weighted by Gasteiger charge is -1.73. The van der Waals surface area contributed by atoms with Crippen LogP contribution in [0.1, 0.15) is 83.4 Å². The van der Waals surface area contributed by atoms with Gasteiger partial charge in [0.25, 0.3) is 0 Å². The van der Waals surface area contributed by atoms with Gasteiger partial charge in [-0.15, -0.1) is 31.7 Å². The molecule has 17 heteroatoms. The van der Waals surface area contributed by atoms with Gasteiger partial charge < -0.3 is 22.4 Å². The molecule has 6 aromatic heterocycles. The first-order valence-electron chi connectivity index (χ1n) is 12.5. The van der Waals surface area contributed by atoms with E-state index >= 15 is 0 Å².